The van der Waals surface area contributed by atoms with Crippen molar-refractivity contribution in [1.29, 1.82) is 0 Å². The molecule has 0 radical (unpaired) electrons. The molecule has 4 aromatic rings. The quantitative estimate of drug-likeness (QED) is 0.447. The van der Waals surface area contributed by atoms with Crippen LogP contribution in [0.15, 0.2) is 72.8 Å². The summed E-state index contributed by atoms with van der Waals surface area (Å²) in [5.41, 5.74) is 2.89. The van der Waals surface area contributed by atoms with Gasteiger partial charge in [0.15, 0.2) is 0 Å². The Balaban J connectivity index is 1.71. The molecule has 1 aromatic heterocycles. The van der Waals surface area contributed by atoms with Gasteiger partial charge in [-0.2, -0.15) is 0 Å². The lowest BCUT2D eigenvalue weighted by Crippen LogP contribution is -2.22. The zero-order valence-electron chi connectivity index (χ0n) is 14.0. The Kier molecular flexibility index (Phi) is 4.71. The van der Waals surface area contributed by atoms with Gasteiger partial charge < -0.3 is 5.32 Å². The van der Waals surface area contributed by atoms with Crippen LogP contribution >= 0.6 is 23.2 Å². The first kappa shape index (κ1) is 17.4. The molecule has 0 unspecified atom stereocenters. The van der Waals surface area contributed by atoms with E-state index in [4.69, 9.17) is 23.2 Å². The molecule has 0 spiro atoms. The Bertz CT molecular complexity index is 1110. The SMILES string of the molecule is O=C(Nc1c(Cl)cccc1Cl)Nc1nc2ccccc2n1-c1ccccc1. The highest BCUT2D eigenvalue weighted by Crippen LogP contribution is 2.30. The standard InChI is InChI=1S/C20H14Cl2N4O/c21-14-9-6-10-15(22)18(14)24-20(27)25-19-23-16-11-4-5-12-17(16)26(19)13-7-2-1-3-8-13/h1-12H,(H2,23,24,25,27). The van der Waals surface area contributed by atoms with Gasteiger partial charge in [0.05, 0.1) is 26.8 Å². The zero-order valence-corrected chi connectivity index (χ0v) is 15.5. The third kappa shape index (κ3) is 3.47. The van der Waals surface area contributed by atoms with Gasteiger partial charge in [0.2, 0.25) is 5.95 Å². The molecular weight excluding hydrogens is 383 g/mol. The maximum absolute atomic E-state index is 12.6. The Labute approximate surface area is 165 Å². The number of rotatable bonds is 3. The average molecular weight is 397 g/mol. The minimum absolute atomic E-state index is 0.348. The first-order valence-corrected chi connectivity index (χ1v) is 8.94. The van der Waals surface area contributed by atoms with E-state index in [1.54, 1.807) is 18.2 Å². The van der Waals surface area contributed by atoms with E-state index in [-0.39, 0.29) is 0 Å². The maximum Gasteiger partial charge on any atom is 0.326 e. The van der Waals surface area contributed by atoms with E-state index in [0.29, 0.717) is 21.7 Å². The molecule has 0 saturated heterocycles. The van der Waals surface area contributed by atoms with Crippen LogP contribution in [0.4, 0.5) is 16.4 Å². The summed E-state index contributed by atoms with van der Waals surface area (Å²) in [5, 5.41) is 6.18. The molecule has 2 amide bonds. The van der Waals surface area contributed by atoms with Crippen LogP contribution in [0.2, 0.25) is 10.0 Å². The summed E-state index contributed by atoms with van der Waals surface area (Å²) in [7, 11) is 0. The summed E-state index contributed by atoms with van der Waals surface area (Å²) >= 11 is 12.2. The van der Waals surface area contributed by atoms with Crippen LogP contribution in [0.3, 0.4) is 0 Å². The maximum atomic E-state index is 12.6. The third-order valence-electron chi connectivity index (χ3n) is 4.00. The zero-order chi connectivity index (χ0) is 18.8. The van der Waals surface area contributed by atoms with Crippen molar-refractivity contribution in [2.45, 2.75) is 0 Å². The normalized spacial score (nSPS) is 10.7. The Morgan fingerprint density at radius 3 is 2.22 bits per heavy atom. The summed E-state index contributed by atoms with van der Waals surface area (Å²) in [4.78, 5) is 17.1. The van der Waals surface area contributed by atoms with Crippen LogP contribution < -0.4 is 10.6 Å². The number of para-hydroxylation sites is 4. The van der Waals surface area contributed by atoms with E-state index in [9.17, 15) is 4.79 Å². The Hall–Kier alpha value is -3.02. The molecule has 0 saturated carbocycles. The molecule has 7 heteroatoms. The van der Waals surface area contributed by atoms with Gasteiger partial charge >= 0.3 is 6.03 Å². The second kappa shape index (κ2) is 7.31. The third-order valence-corrected chi connectivity index (χ3v) is 4.63. The number of halogens is 2. The molecule has 0 bridgehead atoms. The van der Waals surface area contributed by atoms with E-state index in [2.05, 4.69) is 15.6 Å². The van der Waals surface area contributed by atoms with Gasteiger partial charge in [-0.25, -0.2) is 9.78 Å². The molecule has 5 nitrogen and oxygen atoms in total. The van der Waals surface area contributed by atoms with Gasteiger partial charge in [-0.3, -0.25) is 9.88 Å². The minimum Gasteiger partial charge on any atom is -0.305 e. The second-order valence-electron chi connectivity index (χ2n) is 5.77. The molecular formula is C20H14Cl2N4O. The number of carbonyl (C=O) groups excluding carboxylic acids is 1. The Morgan fingerprint density at radius 1 is 0.815 bits per heavy atom. The molecule has 0 atom stereocenters. The van der Waals surface area contributed by atoms with E-state index in [1.807, 2.05) is 59.2 Å². The smallest absolute Gasteiger partial charge is 0.305 e. The van der Waals surface area contributed by atoms with Crippen LogP contribution in [0.25, 0.3) is 16.7 Å². The predicted molar refractivity (Wildman–Crippen MR) is 110 cm³/mol. The van der Waals surface area contributed by atoms with Gasteiger partial charge in [-0.15, -0.1) is 0 Å². The van der Waals surface area contributed by atoms with Crippen molar-refractivity contribution >= 4 is 51.9 Å². The lowest BCUT2D eigenvalue weighted by molar-refractivity contribution is 0.262. The lowest BCUT2D eigenvalue weighted by atomic mass is 10.3. The molecule has 27 heavy (non-hydrogen) atoms. The van der Waals surface area contributed by atoms with Gasteiger partial charge in [0.1, 0.15) is 0 Å². The van der Waals surface area contributed by atoms with Crippen molar-refractivity contribution in [3.05, 3.63) is 82.8 Å². The summed E-state index contributed by atoms with van der Waals surface area (Å²) in [6.07, 6.45) is 0. The van der Waals surface area contributed by atoms with E-state index < -0.39 is 6.03 Å². The van der Waals surface area contributed by atoms with Gasteiger partial charge in [-0.05, 0) is 36.4 Å². The highest BCUT2D eigenvalue weighted by molar-refractivity contribution is 6.39. The number of benzene rings is 3. The van der Waals surface area contributed by atoms with Gasteiger partial charge in [-0.1, -0.05) is 59.6 Å². The topological polar surface area (TPSA) is 59.0 Å². The van der Waals surface area contributed by atoms with Crippen LogP contribution in [0.5, 0.6) is 0 Å². The fraction of sp³-hybridized carbons (Fsp3) is 0. The largest absolute Gasteiger partial charge is 0.326 e. The predicted octanol–water partition coefficient (Wildman–Crippen LogP) is 5.98. The average Bonchev–Trinajstić information content (AvgIpc) is 3.03. The minimum atomic E-state index is -0.488. The molecule has 0 aliphatic rings. The first-order valence-electron chi connectivity index (χ1n) is 8.18. The molecule has 3 aromatic carbocycles. The number of hydrogen-bond donors (Lipinski definition) is 2. The van der Waals surface area contributed by atoms with Crippen LogP contribution in [0.1, 0.15) is 0 Å². The molecule has 0 aliphatic heterocycles. The van der Waals surface area contributed by atoms with Crippen LogP contribution in [-0.4, -0.2) is 15.6 Å². The van der Waals surface area contributed by atoms with Crippen molar-refractivity contribution < 1.29 is 4.79 Å². The second-order valence-corrected chi connectivity index (χ2v) is 6.59. The van der Waals surface area contributed by atoms with Crippen LogP contribution in [0, 0.1) is 0 Å². The Morgan fingerprint density at radius 2 is 1.48 bits per heavy atom. The number of hydrogen-bond acceptors (Lipinski definition) is 2. The van der Waals surface area contributed by atoms with Crippen molar-refractivity contribution in [1.82, 2.24) is 9.55 Å². The number of nitrogens with one attached hydrogen (secondary N) is 2. The highest BCUT2D eigenvalue weighted by atomic mass is 35.5. The summed E-state index contributed by atoms with van der Waals surface area (Å²) < 4.78 is 1.88. The molecule has 134 valence electrons. The number of carbonyl (C=O) groups is 1. The van der Waals surface area contributed by atoms with Crippen LogP contribution in [-0.2, 0) is 0 Å². The fourth-order valence-electron chi connectivity index (χ4n) is 2.81. The number of aromatic nitrogens is 2. The van der Waals surface area contributed by atoms with Gasteiger partial charge in [0, 0.05) is 5.69 Å². The number of nitrogens with zero attached hydrogens (tertiary/aromatic N) is 2. The number of anilines is 2. The van der Waals surface area contributed by atoms with Crippen molar-refractivity contribution in [3.8, 4) is 5.69 Å². The van der Waals surface area contributed by atoms with E-state index >= 15 is 0 Å². The number of amides is 2. The van der Waals surface area contributed by atoms with Crippen molar-refractivity contribution in [3.63, 3.8) is 0 Å². The summed E-state index contributed by atoms with van der Waals surface area (Å²) in [6, 6.07) is 21.9. The monoisotopic (exact) mass is 396 g/mol. The molecule has 0 fully saturated rings. The first-order chi connectivity index (χ1) is 13.1. The molecule has 0 aliphatic carbocycles. The number of urea groups is 1. The lowest BCUT2D eigenvalue weighted by Gasteiger charge is -2.12. The summed E-state index contributed by atoms with van der Waals surface area (Å²) in [6.45, 7) is 0. The van der Waals surface area contributed by atoms with Gasteiger partial charge in [0.25, 0.3) is 0 Å². The fourth-order valence-corrected chi connectivity index (χ4v) is 3.30. The number of fused-ring (bicyclic) bond motifs is 1. The van der Waals surface area contributed by atoms with E-state index in [0.717, 1.165) is 16.7 Å². The van der Waals surface area contributed by atoms with E-state index in [1.165, 1.54) is 0 Å². The molecule has 1 heterocycles. The van der Waals surface area contributed by atoms with Crippen molar-refractivity contribution in [2.75, 3.05) is 10.6 Å². The van der Waals surface area contributed by atoms with Crippen molar-refractivity contribution in [2.24, 2.45) is 0 Å². The molecule has 4 rings (SSSR count). The summed E-state index contributed by atoms with van der Waals surface area (Å²) in [5.74, 6) is 0.392. The highest BCUT2D eigenvalue weighted by Gasteiger charge is 2.16. The number of imidazole rings is 1. The molecule has 2 N–H and O–H groups in total.